The van der Waals surface area contributed by atoms with E-state index in [9.17, 15) is 4.79 Å². The summed E-state index contributed by atoms with van der Waals surface area (Å²) >= 11 is 5.96. The molecule has 0 atom stereocenters. The number of carbonyl (C=O) groups is 1. The molecular weight excluding hydrogens is 388 g/mol. The largest absolute Gasteiger partial charge is 0.340 e. The highest BCUT2D eigenvalue weighted by Gasteiger charge is 2.22. The average Bonchev–Trinajstić information content (AvgIpc) is 3.22. The molecule has 1 aliphatic rings. The second-order valence-corrected chi connectivity index (χ2v) is 7.56. The van der Waals surface area contributed by atoms with Gasteiger partial charge in [-0.2, -0.15) is 4.68 Å². The summed E-state index contributed by atoms with van der Waals surface area (Å²) in [7, 11) is 0. The number of halogens is 1. The number of hydrogen-bond donors (Lipinski definition) is 0. The number of nitrogens with zero attached hydrogens (tertiary/aromatic N) is 6. The molecule has 1 fully saturated rings. The van der Waals surface area contributed by atoms with Crippen molar-refractivity contribution in [2.75, 3.05) is 26.2 Å². The summed E-state index contributed by atoms with van der Waals surface area (Å²) in [5.74, 6) is 0.996. The van der Waals surface area contributed by atoms with Gasteiger partial charge in [-0.05, 0) is 46.7 Å². The molecule has 0 radical (unpaired) electrons. The van der Waals surface area contributed by atoms with Crippen molar-refractivity contribution in [2.45, 2.75) is 19.4 Å². The van der Waals surface area contributed by atoms with E-state index >= 15 is 0 Å². The second-order valence-electron chi connectivity index (χ2n) is 7.13. The SMILES string of the molecule is O=C(CCc1ccccc1)N1CCN(Cc2nnnn2-c2ccc(Cl)cc2)CC1. The van der Waals surface area contributed by atoms with Gasteiger partial charge in [-0.3, -0.25) is 9.69 Å². The van der Waals surface area contributed by atoms with Gasteiger partial charge in [0.25, 0.3) is 0 Å². The summed E-state index contributed by atoms with van der Waals surface area (Å²) in [4.78, 5) is 16.8. The third-order valence-electron chi connectivity index (χ3n) is 5.17. The molecule has 0 bridgehead atoms. The lowest BCUT2D eigenvalue weighted by molar-refractivity contribution is -0.133. The number of aromatic nitrogens is 4. The molecule has 1 aromatic heterocycles. The molecule has 1 amide bonds. The van der Waals surface area contributed by atoms with Gasteiger partial charge < -0.3 is 4.90 Å². The lowest BCUT2D eigenvalue weighted by Gasteiger charge is -2.34. The molecule has 0 unspecified atom stereocenters. The van der Waals surface area contributed by atoms with Crippen molar-refractivity contribution in [1.82, 2.24) is 30.0 Å². The molecule has 1 aliphatic heterocycles. The van der Waals surface area contributed by atoms with Gasteiger partial charge in [0.2, 0.25) is 5.91 Å². The third-order valence-corrected chi connectivity index (χ3v) is 5.42. The van der Waals surface area contributed by atoms with Gasteiger partial charge in [-0.25, -0.2) is 0 Å². The van der Waals surface area contributed by atoms with E-state index in [0.29, 0.717) is 18.0 Å². The highest BCUT2D eigenvalue weighted by atomic mass is 35.5. The Kier molecular flexibility index (Phi) is 6.17. The van der Waals surface area contributed by atoms with Crippen LogP contribution in [0.5, 0.6) is 0 Å². The fourth-order valence-electron chi connectivity index (χ4n) is 3.50. The van der Waals surface area contributed by atoms with E-state index in [0.717, 1.165) is 44.1 Å². The topological polar surface area (TPSA) is 67.2 Å². The molecule has 29 heavy (non-hydrogen) atoms. The number of rotatable bonds is 6. The molecule has 2 aromatic carbocycles. The van der Waals surface area contributed by atoms with Gasteiger partial charge in [-0.15, -0.1) is 5.10 Å². The lowest BCUT2D eigenvalue weighted by Crippen LogP contribution is -2.48. The summed E-state index contributed by atoms with van der Waals surface area (Å²) < 4.78 is 1.73. The Hall–Kier alpha value is -2.77. The molecule has 8 heteroatoms. The molecule has 0 aliphatic carbocycles. The van der Waals surface area contributed by atoms with Crippen LogP contribution in [0.15, 0.2) is 54.6 Å². The number of aryl methyl sites for hydroxylation is 1. The van der Waals surface area contributed by atoms with Crippen LogP contribution < -0.4 is 0 Å². The standard InChI is InChI=1S/C21H23ClN6O/c22-18-7-9-19(10-8-18)28-20(23-24-25-28)16-26-12-14-27(15-13-26)21(29)11-6-17-4-2-1-3-5-17/h1-5,7-10H,6,11-16H2. The van der Waals surface area contributed by atoms with Crippen molar-refractivity contribution >= 4 is 17.5 Å². The summed E-state index contributed by atoms with van der Waals surface area (Å²) in [6.07, 6.45) is 1.34. The van der Waals surface area contributed by atoms with Crippen LogP contribution in [0.4, 0.5) is 0 Å². The van der Waals surface area contributed by atoms with E-state index in [4.69, 9.17) is 11.6 Å². The highest BCUT2D eigenvalue weighted by Crippen LogP contribution is 2.15. The van der Waals surface area contributed by atoms with Crippen molar-refractivity contribution in [2.24, 2.45) is 0 Å². The zero-order valence-corrected chi connectivity index (χ0v) is 16.9. The Bertz CT molecular complexity index is 935. The fraction of sp³-hybridized carbons (Fsp3) is 0.333. The van der Waals surface area contributed by atoms with Crippen LogP contribution in [0.2, 0.25) is 5.02 Å². The van der Waals surface area contributed by atoms with Gasteiger partial charge in [0, 0.05) is 37.6 Å². The minimum Gasteiger partial charge on any atom is -0.340 e. The molecule has 7 nitrogen and oxygen atoms in total. The van der Waals surface area contributed by atoms with Crippen molar-refractivity contribution in [3.8, 4) is 5.69 Å². The maximum absolute atomic E-state index is 12.5. The van der Waals surface area contributed by atoms with Crippen LogP contribution >= 0.6 is 11.6 Å². The van der Waals surface area contributed by atoms with Crippen LogP contribution in [-0.4, -0.2) is 62.1 Å². The van der Waals surface area contributed by atoms with E-state index < -0.39 is 0 Å². The Morgan fingerprint density at radius 1 is 0.966 bits per heavy atom. The molecule has 0 N–H and O–H groups in total. The second kappa shape index (κ2) is 9.15. The van der Waals surface area contributed by atoms with Gasteiger partial charge in [0.05, 0.1) is 12.2 Å². The predicted octanol–water partition coefficient (Wildman–Crippen LogP) is 2.59. The minimum absolute atomic E-state index is 0.222. The summed E-state index contributed by atoms with van der Waals surface area (Å²) in [6.45, 7) is 3.73. The molecule has 4 rings (SSSR count). The minimum atomic E-state index is 0.222. The summed E-state index contributed by atoms with van der Waals surface area (Å²) in [5.41, 5.74) is 2.08. The molecule has 3 aromatic rings. The van der Waals surface area contributed by atoms with Crippen LogP contribution in [0.25, 0.3) is 5.69 Å². The molecule has 1 saturated heterocycles. The maximum atomic E-state index is 12.5. The molecular formula is C21H23ClN6O. The van der Waals surface area contributed by atoms with Crippen molar-refractivity contribution in [3.63, 3.8) is 0 Å². The monoisotopic (exact) mass is 410 g/mol. The van der Waals surface area contributed by atoms with Crippen LogP contribution in [0, 0.1) is 0 Å². The molecule has 0 spiro atoms. The van der Waals surface area contributed by atoms with Gasteiger partial charge in [-0.1, -0.05) is 41.9 Å². The zero-order chi connectivity index (χ0) is 20.1. The third kappa shape index (κ3) is 4.99. The van der Waals surface area contributed by atoms with Gasteiger partial charge >= 0.3 is 0 Å². The van der Waals surface area contributed by atoms with Crippen molar-refractivity contribution in [3.05, 3.63) is 71.0 Å². The van der Waals surface area contributed by atoms with Crippen molar-refractivity contribution < 1.29 is 4.79 Å². The number of benzene rings is 2. The van der Waals surface area contributed by atoms with Crippen LogP contribution in [0.1, 0.15) is 17.8 Å². The molecule has 0 saturated carbocycles. The van der Waals surface area contributed by atoms with E-state index in [1.807, 2.05) is 47.4 Å². The van der Waals surface area contributed by atoms with Crippen molar-refractivity contribution in [1.29, 1.82) is 0 Å². The summed E-state index contributed by atoms with van der Waals surface area (Å²) in [5, 5.41) is 12.8. The number of hydrogen-bond acceptors (Lipinski definition) is 5. The van der Waals surface area contributed by atoms with E-state index in [1.54, 1.807) is 4.68 Å². The number of amides is 1. The Balaban J connectivity index is 1.29. The first kappa shape index (κ1) is 19.5. The Morgan fingerprint density at radius 2 is 1.69 bits per heavy atom. The molecule has 2 heterocycles. The van der Waals surface area contributed by atoms with E-state index in [-0.39, 0.29) is 5.91 Å². The normalized spacial score (nSPS) is 14.9. The van der Waals surface area contributed by atoms with Gasteiger partial charge in [0.1, 0.15) is 0 Å². The fourth-order valence-corrected chi connectivity index (χ4v) is 3.62. The van der Waals surface area contributed by atoms with Crippen LogP contribution in [0.3, 0.4) is 0 Å². The molecule has 150 valence electrons. The van der Waals surface area contributed by atoms with E-state index in [2.05, 4.69) is 32.6 Å². The van der Waals surface area contributed by atoms with Crippen LogP contribution in [-0.2, 0) is 17.8 Å². The number of tetrazole rings is 1. The maximum Gasteiger partial charge on any atom is 0.222 e. The Labute approximate surface area is 174 Å². The van der Waals surface area contributed by atoms with E-state index in [1.165, 1.54) is 5.56 Å². The quantitative estimate of drug-likeness (QED) is 0.624. The number of piperazine rings is 1. The first-order valence-electron chi connectivity index (χ1n) is 9.76. The average molecular weight is 411 g/mol. The Morgan fingerprint density at radius 3 is 2.41 bits per heavy atom. The van der Waals surface area contributed by atoms with Gasteiger partial charge in [0.15, 0.2) is 5.82 Å². The first-order chi connectivity index (χ1) is 14.2. The zero-order valence-electron chi connectivity index (χ0n) is 16.1. The smallest absolute Gasteiger partial charge is 0.222 e. The first-order valence-corrected chi connectivity index (χ1v) is 10.1. The lowest BCUT2D eigenvalue weighted by atomic mass is 10.1. The number of carbonyl (C=O) groups excluding carboxylic acids is 1. The summed E-state index contributed by atoms with van der Waals surface area (Å²) in [6, 6.07) is 17.6. The predicted molar refractivity (Wildman–Crippen MR) is 111 cm³/mol. The highest BCUT2D eigenvalue weighted by molar-refractivity contribution is 6.30.